The number of nitrogens with one attached hydrogen (secondary N) is 1. The zero-order valence-corrected chi connectivity index (χ0v) is 20.3. The van der Waals surface area contributed by atoms with Gasteiger partial charge in [0.1, 0.15) is 6.26 Å². The minimum Gasteiger partial charge on any atom is -0.447 e. The molecule has 1 amide bonds. The van der Waals surface area contributed by atoms with Gasteiger partial charge in [-0.1, -0.05) is 18.6 Å². The highest BCUT2D eigenvalue weighted by Gasteiger charge is 2.30. The van der Waals surface area contributed by atoms with Crippen LogP contribution < -0.4 is 5.32 Å². The van der Waals surface area contributed by atoms with Gasteiger partial charge < -0.3 is 19.7 Å². The second-order valence-corrected chi connectivity index (χ2v) is 9.60. The Hall–Kier alpha value is -2.47. The molecule has 11 heteroatoms. The molecule has 8 nitrogen and oxygen atoms in total. The molecule has 2 aromatic rings. The average Bonchev–Trinajstić information content (AvgIpc) is 3.32. The Balaban J connectivity index is 1.18. The molecule has 198 valence electrons. The monoisotopic (exact) mass is 509 g/mol. The Morgan fingerprint density at radius 1 is 1.03 bits per heavy atom. The van der Waals surface area contributed by atoms with Crippen LogP contribution in [0.15, 0.2) is 34.9 Å². The molecule has 1 aromatic carbocycles. The van der Waals surface area contributed by atoms with Crippen LogP contribution in [0.2, 0.25) is 0 Å². The largest absolute Gasteiger partial charge is 0.447 e. The molecule has 1 unspecified atom stereocenters. The number of β-amino-alcohol motifs (C(OH)–C–C–N with tert-alkyl or cyclic N) is 1. The molecule has 2 aliphatic heterocycles. The summed E-state index contributed by atoms with van der Waals surface area (Å²) < 4.78 is 44.0. The van der Waals surface area contributed by atoms with Gasteiger partial charge in [0.05, 0.1) is 18.2 Å². The average molecular weight is 510 g/mol. The fourth-order valence-corrected chi connectivity index (χ4v) is 4.74. The van der Waals surface area contributed by atoms with E-state index in [1.165, 1.54) is 37.7 Å². The molecule has 0 bridgehead atoms. The van der Waals surface area contributed by atoms with Crippen molar-refractivity contribution >= 4 is 5.91 Å². The molecule has 1 atom stereocenters. The number of halogens is 3. The number of alkyl halides is 3. The lowest BCUT2D eigenvalue weighted by Gasteiger charge is -2.36. The number of likely N-dealkylation sites (tertiary alicyclic amines) is 1. The standard InChI is InChI=1S/C25H34F3N5O3/c26-25(27,28)20-6-4-5-19(13-20)14-29-24(35)22-18-36-23(30-22)17-33-11-9-32(10-12-33)16-21(34)15-31-7-2-1-3-8-31/h4-6,13,18,21,34H,1-3,7-12,14-17H2,(H,29,35). The van der Waals surface area contributed by atoms with Gasteiger partial charge in [0.25, 0.3) is 5.91 Å². The first-order valence-electron chi connectivity index (χ1n) is 12.5. The number of aromatic nitrogens is 1. The lowest BCUT2D eigenvalue weighted by Crippen LogP contribution is -2.50. The molecular formula is C25H34F3N5O3. The van der Waals surface area contributed by atoms with Gasteiger partial charge in [0.15, 0.2) is 5.69 Å². The molecule has 1 aromatic heterocycles. The summed E-state index contributed by atoms with van der Waals surface area (Å²) in [6.45, 7) is 7.24. The van der Waals surface area contributed by atoms with E-state index in [0.29, 0.717) is 24.5 Å². The highest BCUT2D eigenvalue weighted by molar-refractivity contribution is 5.91. The maximum atomic E-state index is 12.9. The van der Waals surface area contributed by atoms with Gasteiger partial charge in [-0.3, -0.25) is 14.6 Å². The molecular weight excluding hydrogens is 475 g/mol. The van der Waals surface area contributed by atoms with E-state index in [2.05, 4.69) is 25.0 Å². The third kappa shape index (κ3) is 7.76. The third-order valence-electron chi connectivity index (χ3n) is 6.70. The van der Waals surface area contributed by atoms with Crippen molar-refractivity contribution < 1.29 is 27.5 Å². The van der Waals surface area contributed by atoms with Gasteiger partial charge in [0, 0.05) is 45.8 Å². The number of aliphatic hydroxyl groups is 1. The third-order valence-corrected chi connectivity index (χ3v) is 6.70. The number of piperazine rings is 1. The number of piperidine rings is 1. The van der Waals surface area contributed by atoms with Gasteiger partial charge in [-0.2, -0.15) is 13.2 Å². The molecule has 0 aliphatic carbocycles. The smallest absolute Gasteiger partial charge is 0.416 e. The van der Waals surface area contributed by atoms with Crippen LogP contribution >= 0.6 is 0 Å². The van der Waals surface area contributed by atoms with E-state index in [9.17, 15) is 23.1 Å². The quantitative estimate of drug-likeness (QED) is 0.538. The molecule has 2 N–H and O–H groups in total. The first-order chi connectivity index (χ1) is 17.3. The van der Waals surface area contributed by atoms with Crippen molar-refractivity contribution in [2.75, 3.05) is 52.4 Å². The first-order valence-corrected chi connectivity index (χ1v) is 12.5. The number of benzene rings is 1. The van der Waals surface area contributed by atoms with E-state index < -0.39 is 17.6 Å². The summed E-state index contributed by atoms with van der Waals surface area (Å²) >= 11 is 0. The molecule has 2 fully saturated rings. The second-order valence-electron chi connectivity index (χ2n) is 9.60. The van der Waals surface area contributed by atoms with Crippen LogP contribution in [0.3, 0.4) is 0 Å². The summed E-state index contributed by atoms with van der Waals surface area (Å²) in [5.74, 6) is -0.0901. The van der Waals surface area contributed by atoms with Crippen LogP contribution in [0.4, 0.5) is 13.2 Å². The van der Waals surface area contributed by atoms with E-state index in [0.717, 1.165) is 57.9 Å². The van der Waals surface area contributed by atoms with Crippen LogP contribution in [-0.4, -0.2) is 89.2 Å². The Morgan fingerprint density at radius 2 is 1.69 bits per heavy atom. The van der Waals surface area contributed by atoms with E-state index in [4.69, 9.17) is 4.42 Å². The summed E-state index contributed by atoms with van der Waals surface area (Å²) in [5.41, 5.74) is -0.313. The molecule has 2 aliphatic rings. The first kappa shape index (κ1) is 26.6. The zero-order chi connectivity index (χ0) is 25.5. The van der Waals surface area contributed by atoms with Crippen LogP contribution in [-0.2, 0) is 19.3 Å². The Labute approximate surface area is 209 Å². The summed E-state index contributed by atoms with van der Waals surface area (Å²) in [5, 5.41) is 13.1. The molecule has 0 saturated carbocycles. The van der Waals surface area contributed by atoms with Crippen molar-refractivity contribution in [1.29, 1.82) is 0 Å². The van der Waals surface area contributed by atoms with E-state index >= 15 is 0 Å². The predicted octanol–water partition coefficient (Wildman–Crippen LogP) is 2.59. The van der Waals surface area contributed by atoms with Crippen LogP contribution in [0.1, 0.15) is 46.8 Å². The zero-order valence-electron chi connectivity index (χ0n) is 20.3. The van der Waals surface area contributed by atoms with Gasteiger partial charge in [0.2, 0.25) is 5.89 Å². The van der Waals surface area contributed by atoms with Gasteiger partial charge >= 0.3 is 6.18 Å². The minimum absolute atomic E-state index is 0.0451. The highest BCUT2D eigenvalue weighted by Crippen LogP contribution is 2.29. The number of nitrogens with zero attached hydrogens (tertiary/aromatic N) is 4. The molecule has 0 spiro atoms. The summed E-state index contributed by atoms with van der Waals surface area (Å²) in [4.78, 5) is 23.4. The topological polar surface area (TPSA) is 85.1 Å². The number of carbonyl (C=O) groups is 1. The number of amides is 1. The lowest BCUT2D eigenvalue weighted by molar-refractivity contribution is -0.137. The van der Waals surface area contributed by atoms with Crippen LogP contribution in [0.5, 0.6) is 0 Å². The van der Waals surface area contributed by atoms with E-state index in [1.807, 2.05) is 0 Å². The van der Waals surface area contributed by atoms with Gasteiger partial charge in [-0.05, 0) is 43.6 Å². The number of aliphatic hydroxyl groups excluding tert-OH is 1. The molecule has 4 rings (SSSR count). The van der Waals surface area contributed by atoms with Crippen molar-refractivity contribution in [2.24, 2.45) is 0 Å². The number of rotatable bonds is 9. The van der Waals surface area contributed by atoms with Crippen molar-refractivity contribution in [3.05, 3.63) is 53.2 Å². The molecule has 36 heavy (non-hydrogen) atoms. The summed E-state index contributed by atoms with van der Waals surface area (Å²) in [7, 11) is 0. The van der Waals surface area contributed by atoms with Crippen molar-refractivity contribution in [1.82, 2.24) is 25.0 Å². The number of hydrogen-bond acceptors (Lipinski definition) is 7. The minimum atomic E-state index is -4.43. The molecule has 2 saturated heterocycles. The Bertz CT molecular complexity index is 985. The molecule has 3 heterocycles. The lowest BCUT2D eigenvalue weighted by atomic mass is 10.1. The normalized spacial score (nSPS) is 19.3. The van der Waals surface area contributed by atoms with Crippen LogP contribution in [0.25, 0.3) is 0 Å². The van der Waals surface area contributed by atoms with Crippen molar-refractivity contribution in [3.8, 4) is 0 Å². The number of hydrogen-bond donors (Lipinski definition) is 2. The molecule has 0 radical (unpaired) electrons. The highest BCUT2D eigenvalue weighted by atomic mass is 19.4. The fourth-order valence-electron chi connectivity index (χ4n) is 4.74. The summed E-state index contributed by atoms with van der Waals surface area (Å²) in [6, 6.07) is 4.84. The second kappa shape index (κ2) is 12.2. The predicted molar refractivity (Wildman–Crippen MR) is 127 cm³/mol. The van der Waals surface area contributed by atoms with Crippen molar-refractivity contribution in [3.63, 3.8) is 0 Å². The maximum Gasteiger partial charge on any atom is 0.416 e. The van der Waals surface area contributed by atoms with E-state index in [-0.39, 0.29) is 18.3 Å². The SMILES string of the molecule is O=C(NCc1cccc(C(F)(F)F)c1)c1coc(CN2CCN(CC(O)CN3CCCCC3)CC2)n1. The number of carbonyl (C=O) groups excluding carboxylic acids is 1. The number of oxazole rings is 1. The van der Waals surface area contributed by atoms with E-state index in [1.54, 1.807) is 0 Å². The Morgan fingerprint density at radius 3 is 2.39 bits per heavy atom. The van der Waals surface area contributed by atoms with Crippen molar-refractivity contribution in [2.45, 2.75) is 44.6 Å². The Kier molecular flexibility index (Phi) is 9.00. The van der Waals surface area contributed by atoms with Gasteiger partial charge in [-0.15, -0.1) is 0 Å². The van der Waals surface area contributed by atoms with Crippen LogP contribution in [0, 0.1) is 0 Å². The van der Waals surface area contributed by atoms with Gasteiger partial charge in [-0.25, -0.2) is 4.98 Å². The maximum absolute atomic E-state index is 12.9. The fraction of sp³-hybridized carbons (Fsp3) is 0.600. The summed E-state index contributed by atoms with van der Waals surface area (Å²) in [6.07, 6.45) is 0.198.